The van der Waals surface area contributed by atoms with Gasteiger partial charge < -0.3 is 10.8 Å². The van der Waals surface area contributed by atoms with E-state index in [-0.39, 0.29) is 11.2 Å². The van der Waals surface area contributed by atoms with Gasteiger partial charge in [0.2, 0.25) is 0 Å². The first-order valence-corrected chi connectivity index (χ1v) is 5.38. The maximum atomic E-state index is 9.38. The molecule has 76 valence electrons. The molecule has 0 amide bonds. The first-order chi connectivity index (χ1) is 6.74. The van der Waals surface area contributed by atoms with E-state index in [4.69, 9.17) is 5.73 Å². The Morgan fingerprint density at radius 2 is 2.29 bits per heavy atom. The highest BCUT2D eigenvalue weighted by Crippen LogP contribution is 2.12. The van der Waals surface area contributed by atoms with Crippen LogP contribution in [0.3, 0.4) is 0 Å². The van der Waals surface area contributed by atoms with Crippen LogP contribution in [0.15, 0.2) is 29.4 Å². The molecule has 0 aliphatic heterocycles. The Balaban J connectivity index is 2.56. The van der Waals surface area contributed by atoms with Crippen molar-refractivity contribution < 1.29 is 5.11 Å². The average molecular weight is 211 g/mol. The summed E-state index contributed by atoms with van der Waals surface area (Å²) < 4.78 is 0. The lowest BCUT2D eigenvalue weighted by molar-refractivity contribution is 0.474. The fourth-order valence-corrected chi connectivity index (χ4v) is 0.996. The number of nitrogens with two attached hydrogens (primary N) is 1. The first-order valence-electron chi connectivity index (χ1n) is 4.09. The van der Waals surface area contributed by atoms with Crippen LogP contribution in [0.4, 0.5) is 0 Å². The summed E-state index contributed by atoms with van der Waals surface area (Å²) in [5.41, 5.74) is 8.69. The SMILES string of the molecule is CSC(N)NN=Cc1ccccc1O. The zero-order chi connectivity index (χ0) is 10.4. The van der Waals surface area contributed by atoms with Gasteiger partial charge in [-0.2, -0.15) is 5.10 Å². The van der Waals surface area contributed by atoms with Crippen molar-refractivity contribution in [2.45, 2.75) is 5.50 Å². The van der Waals surface area contributed by atoms with Crippen LogP contribution in [0.2, 0.25) is 0 Å². The number of thioether (sulfide) groups is 1. The zero-order valence-electron chi connectivity index (χ0n) is 7.84. The van der Waals surface area contributed by atoms with E-state index in [1.54, 1.807) is 18.2 Å². The minimum atomic E-state index is -0.225. The van der Waals surface area contributed by atoms with Crippen molar-refractivity contribution in [2.75, 3.05) is 6.26 Å². The zero-order valence-corrected chi connectivity index (χ0v) is 8.66. The molecule has 0 saturated heterocycles. The van der Waals surface area contributed by atoms with Crippen LogP contribution < -0.4 is 11.2 Å². The van der Waals surface area contributed by atoms with Crippen LogP contribution in [0, 0.1) is 0 Å². The van der Waals surface area contributed by atoms with E-state index in [2.05, 4.69) is 10.5 Å². The molecule has 14 heavy (non-hydrogen) atoms. The molecule has 1 rings (SSSR count). The number of aromatic hydroxyl groups is 1. The van der Waals surface area contributed by atoms with E-state index in [9.17, 15) is 5.11 Å². The van der Waals surface area contributed by atoms with Gasteiger partial charge in [-0.05, 0) is 18.4 Å². The molecule has 0 bridgehead atoms. The van der Waals surface area contributed by atoms with Crippen LogP contribution in [-0.2, 0) is 0 Å². The number of phenols is 1. The molecular weight excluding hydrogens is 198 g/mol. The lowest BCUT2D eigenvalue weighted by atomic mass is 10.2. The summed E-state index contributed by atoms with van der Waals surface area (Å²) in [6.45, 7) is 0. The minimum absolute atomic E-state index is 0.204. The lowest BCUT2D eigenvalue weighted by Crippen LogP contribution is -2.29. The summed E-state index contributed by atoms with van der Waals surface area (Å²) in [6.07, 6.45) is 3.42. The molecule has 0 fully saturated rings. The number of phenolic OH excluding ortho intramolecular Hbond substituents is 1. The van der Waals surface area contributed by atoms with Gasteiger partial charge in [-0.25, -0.2) is 0 Å². The molecule has 1 aromatic rings. The first kappa shape index (κ1) is 10.9. The van der Waals surface area contributed by atoms with E-state index >= 15 is 0 Å². The van der Waals surface area contributed by atoms with Crippen LogP contribution in [0.1, 0.15) is 5.56 Å². The molecule has 5 heteroatoms. The van der Waals surface area contributed by atoms with Crippen molar-refractivity contribution in [1.82, 2.24) is 5.43 Å². The van der Waals surface area contributed by atoms with Gasteiger partial charge in [-0.1, -0.05) is 12.1 Å². The van der Waals surface area contributed by atoms with Crippen LogP contribution in [0.25, 0.3) is 0 Å². The van der Waals surface area contributed by atoms with E-state index in [1.807, 2.05) is 12.3 Å². The maximum Gasteiger partial charge on any atom is 0.138 e. The fraction of sp³-hybridized carbons (Fsp3) is 0.222. The Kier molecular flexibility index (Phi) is 4.28. The number of hydrazone groups is 1. The van der Waals surface area contributed by atoms with Gasteiger partial charge in [-0.15, -0.1) is 11.8 Å². The summed E-state index contributed by atoms with van der Waals surface area (Å²) >= 11 is 1.45. The largest absolute Gasteiger partial charge is 0.507 e. The molecule has 1 atom stereocenters. The maximum absolute atomic E-state index is 9.38. The number of benzene rings is 1. The Hall–Kier alpha value is -1.20. The highest BCUT2D eigenvalue weighted by atomic mass is 32.2. The number of nitrogens with one attached hydrogen (secondary N) is 1. The van der Waals surface area contributed by atoms with Crippen molar-refractivity contribution >= 4 is 18.0 Å². The van der Waals surface area contributed by atoms with E-state index in [1.165, 1.54) is 18.0 Å². The molecule has 0 aliphatic rings. The molecular formula is C9H13N3OS. The van der Waals surface area contributed by atoms with Gasteiger partial charge in [0.1, 0.15) is 11.2 Å². The molecule has 0 radical (unpaired) electrons. The summed E-state index contributed by atoms with van der Waals surface area (Å²) in [6, 6.07) is 6.96. The van der Waals surface area contributed by atoms with Crippen LogP contribution >= 0.6 is 11.8 Å². The summed E-state index contributed by atoms with van der Waals surface area (Å²) in [7, 11) is 0. The van der Waals surface area contributed by atoms with Crippen molar-refractivity contribution in [2.24, 2.45) is 10.8 Å². The van der Waals surface area contributed by atoms with Gasteiger partial charge in [0, 0.05) is 5.56 Å². The Morgan fingerprint density at radius 3 is 2.93 bits per heavy atom. The number of hydrogen-bond donors (Lipinski definition) is 3. The molecule has 1 unspecified atom stereocenters. The summed E-state index contributed by atoms with van der Waals surface area (Å²) in [5, 5.41) is 13.3. The second kappa shape index (κ2) is 5.51. The molecule has 0 heterocycles. The van der Waals surface area contributed by atoms with Crippen LogP contribution in [-0.4, -0.2) is 23.1 Å². The number of nitrogens with zero attached hydrogens (tertiary/aromatic N) is 1. The topological polar surface area (TPSA) is 70.6 Å². The smallest absolute Gasteiger partial charge is 0.138 e. The van der Waals surface area contributed by atoms with Crippen molar-refractivity contribution in [3.63, 3.8) is 0 Å². The average Bonchev–Trinajstić information content (AvgIpc) is 2.20. The van der Waals surface area contributed by atoms with E-state index < -0.39 is 0 Å². The Labute approximate surface area is 87.2 Å². The Morgan fingerprint density at radius 1 is 1.57 bits per heavy atom. The van der Waals surface area contributed by atoms with Crippen molar-refractivity contribution in [3.05, 3.63) is 29.8 Å². The van der Waals surface area contributed by atoms with Gasteiger partial charge in [0.25, 0.3) is 0 Å². The second-order valence-electron chi connectivity index (χ2n) is 2.60. The lowest BCUT2D eigenvalue weighted by Gasteiger charge is -2.06. The predicted octanol–water partition coefficient (Wildman–Crippen LogP) is 0.921. The molecule has 4 nitrogen and oxygen atoms in total. The molecule has 0 spiro atoms. The minimum Gasteiger partial charge on any atom is -0.507 e. The van der Waals surface area contributed by atoms with E-state index in [0.717, 1.165) is 0 Å². The predicted molar refractivity (Wildman–Crippen MR) is 60.3 cm³/mol. The third kappa shape index (κ3) is 3.27. The molecule has 0 aliphatic carbocycles. The summed E-state index contributed by atoms with van der Waals surface area (Å²) in [5.74, 6) is 0.204. The third-order valence-electron chi connectivity index (χ3n) is 1.60. The van der Waals surface area contributed by atoms with Gasteiger partial charge >= 0.3 is 0 Å². The summed E-state index contributed by atoms with van der Waals surface area (Å²) in [4.78, 5) is 0. The van der Waals surface area contributed by atoms with Crippen molar-refractivity contribution in [3.8, 4) is 5.75 Å². The normalized spacial score (nSPS) is 13.0. The van der Waals surface area contributed by atoms with Gasteiger partial charge in [0.15, 0.2) is 0 Å². The van der Waals surface area contributed by atoms with Gasteiger partial charge in [-0.3, -0.25) is 5.43 Å². The van der Waals surface area contributed by atoms with Crippen LogP contribution in [0.5, 0.6) is 5.75 Å². The second-order valence-corrected chi connectivity index (χ2v) is 3.58. The number of hydrogen-bond acceptors (Lipinski definition) is 5. The standard InChI is InChI=1S/C9H13N3OS/c1-14-9(10)12-11-6-7-4-2-3-5-8(7)13/h2-6,9,12-13H,10H2,1H3. The van der Waals surface area contributed by atoms with E-state index in [0.29, 0.717) is 5.56 Å². The number of para-hydroxylation sites is 1. The fourth-order valence-electron chi connectivity index (χ4n) is 0.830. The molecule has 4 N–H and O–H groups in total. The third-order valence-corrected chi connectivity index (χ3v) is 2.21. The number of rotatable bonds is 4. The molecule has 1 aromatic carbocycles. The van der Waals surface area contributed by atoms with Crippen molar-refractivity contribution in [1.29, 1.82) is 0 Å². The highest BCUT2D eigenvalue weighted by Gasteiger charge is 1.95. The molecule has 0 saturated carbocycles. The monoisotopic (exact) mass is 211 g/mol. The highest BCUT2D eigenvalue weighted by molar-refractivity contribution is 7.99. The molecule has 0 aromatic heterocycles. The van der Waals surface area contributed by atoms with Gasteiger partial charge in [0.05, 0.1) is 6.21 Å². The Bertz CT molecular complexity index is 317. The quantitative estimate of drug-likeness (QED) is 0.393.